The van der Waals surface area contributed by atoms with E-state index in [1.165, 1.54) is 107 Å². The van der Waals surface area contributed by atoms with E-state index in [0.29, 0.717) is 0 Å². The summed E-state index contributed by atoms with van der Waals surface area (Å²) in [6.45, 7) is 4.53. The molecule has 37 heavy (non-hydrogen) atoms. The third-order valence-corrected chi connectivity index (χ3v) is 8.25. The second kappa shape index (κ2) is 18.1. The average molecular weight is 497 g/mol. The van der Waals surface area contributed by atoms with Crippen LogP contribution in [0, 0.1) is 23.7 Å². The summed E-state index contributed by atoms with van der Waals surface area (Å²) in [5.74, 6) is 8.65. The zero-order valence-electron chi connectivity index (χ0n) is 23.9. The summed E-state index contributed by atoms with van der Waals surface area (Å²) in [4.78, 5) is 0. The molecule has 3 rings (SSSR count). The molecule has 1 saturated carbocycles. The van der Waals surface area contributed by atoms with Crippen LogP contribution in [-0.2, 0) is 12.8 Å². The molecule has 0 N–H and O–H groups in total. The Bertz CT molecular complexity index is 926. The van der Waals surface area contributed by atoms with Gasteiger partial charge in [-0.3, -0.25) is 0 Å². The Kier molecular flexibility index (Phi) is 14.3. The maximum Gasteiger partial charge on any atom is 0.0249 e. The van der Waals surface area contributed by atoms with Gasteiger partial charge in [-0.25, -0.2) is 0 Å². The number of benzene rings is 2. The second-order valence-corrected chi connectivity index (χ2v) is 11.4. The molecule has 0 amide bonds. The van der Waals surface area contributed by atoms with Crippen LogP contribution in [0.2, 0.25) is 0 Å². The maximum absolute atomic E-state index is 3.35. The fraction of sp³-hybridized carbons (Fsp3) is 0.568. The van der Waals surface area contributed by atoms with Crippen LogP contribution in [0.3, 0.4) is 0 Å². The van der Waals surface area contributed by atoms with Gasteiger partial charge in [-0.1, -0.05) is 139 Å². The van der Waals surface area contributed by atoms with E-state index in [9.17, 15) is 0 Å². The van der Waals surface area contributed by atoms with Crippen molar-refractivity contribution in [3.63, 3.8) is 0 Å². The molecule has 2 aromatic rings. The Morgan fingerprint density at radius 1 is 0.568 bits per heavy atom. The molecule has 0 saturated heterocycles. The van der Waals surface area contributed by atoms with Crippen LogP contribution < -0.4 is 0 Å². The van der Waals surface area contributed by atoms with E-state index in [2.05, 4.69) is 86.4 Å². The van der Waals surface area contributed by atoms with Crippen molar-refractivity contribution in [2.75, 3.05) is 0 Å². The number of hydrogen-bond acceptors (Lipinski definition) is 0. The van der Waals surface area contributed by atoms with E-state index in [1.807, 2.05) is 0 Å². The molecule has 0 bridgehead atoms. The Labute approximate surface area is 229 Å². The van der Waals surface area contributed by atoms with Crippen LogP contribution in [0.4, 0.5) is 0 Å². The summed E-state index contributed by atoms with van der Waals surface area (Å²) in [7, 11) is 0. The molecule has 1 aliphatic carbocycles. The Morgan fingerprint density at radius 3 is 1.68 bits per heavy atom. The summed E-state index contributed by atoms with van der Waals surface area (Å²) in [6.07, 6.45) is 27.8. The molecule has 200 valence electrons. The first kappa shape index (κ1) is 29.3. The van der Waals surface area contributed by atoms with Crippen LogP contribution in [0.25, 0.3) is 0 Å². The van der Waals surface area contributed by atoms with Crippen molar-refractivity contribution < 1.29 is 0 Å². The monoisotopic (exact) mass is 496 g/mol. The number of rotatable bonds is 15. The maximum atomic E-state index is 3.35. The Morgan fingerprint density at radius 2 is 1.08 bits per heavy atom. The van der Waals surface area contributed by atoms with E-state index in [1.54, 1.807) is 0 Å². The van der Waals surface area contributed by atoms with Crippen molar-refractivity contribution in [2.24, 2.45) is 11.8 Å². The highest BCUT2D eigenvalue weighted by Gasteiger charge is 2.20. The fourth-order valence-corrected chi connectivity index (χ4v) is 5.70. The van der Waals surface area contributed by atoms with E-state index >= 15 is 0 Å². The first-order valence-electron chi connectivity index (χ1n) is 15.6. The molecule has 0 heteroatoms. The van der Waals surface area contributed by atoms with Crippen molar-refractivity contribution in [1.29, 1.82) is 0 Å². The van der Waals surface area contributed by atoms with Crippen molar-refractivity contribution in [3.05, 3.63) is 82.9 Å². The van der Waals surface area contributed by atoms with E-state index in [0.717, 1.165) is 35.8 Å². The third-order valence-electron chi connectivity index (χ3n) is 8.25. The lowest BCUT2D eigenvalue weighted by molar-refractivity contribution is 0.248. The van der Waals surface area contributed by atoms with Gasteiger partial charge in [0.1, 0.15) is 0 Å². The molecular formula is C37H52. The van der Waals surface area contributed by atoms with E-state index < -0.39 is 0 Å². The molecule has 1 aliphatic rings. The fourth-order valence-electron chi connectivity index (χ4n) is 5.70. The molecular weight excluding hydrogens is 444 g/mol. The third kappa shape index (κ3) is 12.2. The van der Waals surface area contributed by atoms with Gasteiger partial charge in [0.2, 0.25) is 0 Å². The lowest BCUT2D eigenvalue weighted by Crippen LogP contribution is -2.15. The molecule has 0 spiro atoms. The highest BCUT2D eigenvalue weighted by molar-refractivity contribution is 5.44. The summed E-state index contributed by atoms with van der Waals surface area (Å²) in [5, 5.41) is 0. The minimum Gasteiger partial charge on any atom is -0.0885 e. The molecule has 0 radical (unpaired) electrons. The SMILES string of the molecule is CCC/C=C/CCc1ccc(C#Cc2ccc(CCC3CCC(CCCCCCCC)CC3)cc2)cc1. The topological polar surface area (TPSA) is 0 Å². The summed E-state index contributed by atoms with van der Waals surface area (Å²) >= 11 is 0. The normalized spacial score (nSPS) is 17.6. The molecule has 0 nitrogen and oxygen atoms in total. The molecule has 1 fully saturated rings. The van der Waals surface area contributed by atoms with Gasteiger partial charge in [-0.2, -0.15) is 0 Å². The number of allylic oxidation sites excluding steroid dienone is 2. The van der Waals surface area contributed by atoms with Crippen LogP contribution in [0.5, 0.6) is 0 Å². The van der Waals surface area contributed by atoms with E-state index in [4.69, 9.17) is 0 Å². The van der Waals surface area contributed by atoms with Crippen LogP contribution in [-0.4, -0.2) is 0 Å². The minimum atomic E-state index is 0.940. The highest BCUT2D eigenvalue weighted by Crippen LogP contribution is 2.34. The molecule has 0 unspecified atom stereocenters. The van der Waals surface area contributed by atoms with E-state index in [-0.39, 0.29) is 0 Å². The first-order chi connectivity index (χ1) is 18.3. The summed E-state index contributed by atoms with van der Waals surface area (Å²) < 4.78 is 0. The number of unbranched alkanes of at least 4 members (excludes halogenated alkanes) is 6. The van der Waals surface area contributed by atoms with Gasteiger partial charge in [0.05, 0.1) is 0 Å². The van der Waals surface area contributed by atoms with Crippen LogP contribution in [0.1, 0.15) is 132 Å². The summed E-state index contributed by atoms with van der Waals surface area (Å²) in [5.41, 5.74) is 5.07. The van der Waals surface area contributed by atoms with Crippen molar-refractivity contribution >= 4 is 0 Å². The molecule has 0 atom stereocenters. The van der Waals surface area contributed by atoms with Gasteiger partial charge in [0.15, 0.2) is 0 Å². The standard InChI is InChI=1S/C37H52/c1-3-5-7-9-11-13-15-33-18-22-35(23-19-33)25-27-37-30-28-36(29-31-37)26-24-34-20-16-32(17-21-34)14-12-10-8-6-4-2/h8,10,16-17,20-21,28-31,33,35H,3-7,9,11-15,18-19,22-23,25,27H2,1-2H3/b10-8+. The van der Waals surface area contributed by atoms with Gasteiger partial charge < -0.3 is 0 Å². The summed E-state index contributed by atoms with van der Waals surface area (Å²) in [6, 6.07) is 17.8. The Hall–Kier alpha value is -2.26. The van der Waals surface area contributed by atoms with Gasteiger partial charge in [-0.05, 0) is 79.3 Å². The van der Waals surface area contributed by atoms with Gasteiger partial charge in [-0.15, -0.1) is 0 Å². The largest absolute Gasteiger partial charge is 0.0885 e. The first-order valence-corrected chi connectivity index (χ1v) is 15.6. The lowest BCUT2D eigenvalue weighted by Gasteiger charge is -2.28. The zero-order valence-corrected chi connectivity index (χ0v) is 23.9. The second-order valence-electron chi connectivity index (χ2n) is 11.4. The quantitative estimate of drug-likeness (QED) is 0.131. The van der Waals surface area contributed by atoms with Crippen molar-refractivity contribution in [1.82, 2.24) is 0 Å². The van der Waals surface area contributed by atoms with Gasteiger partial charge in [0.25, 0.3) is 0 Å². The smallest absolute Gasteiger partial charge is 0.0249 e. The molecule has 2 aromatic carbocycles. The molecule has 0 aliphatic heterocycles. The van der Waals surface area contributed by atoms with Gasteiger partial charge >= 0.3 is 0 Å². The van der Waals surface area contributed by atoms with Crippen molar-refractivity contribution in [2.45, 2.75) is 123 Å². The molecule has 0 heterocycles. The lowest BCUT2D eigenvalue weighted by atomic mass is 9.77. The zero-order chi connectivity index (χ0) is 26.0. The Balaban J connectivity index is 1.32. The van der Waals surface area contributed by atoms with Crippen LogP contribution in [0.15, 0.2) is 60.7 Å². The van der Waals surface area contributed by atoms with Gasteiger partial charge in [0, 0.05) is 11.1 Å². The average Bonchev–Trinajstić information content (AvgIpc) is 2.94. The van der Waals surface area contributed by atoms with Crippen molar-refractivity contribution in [3.8, 4) is 11.8 Å². The minimum absolute atomic E-state index is 0.940. The number of hydrogen-bond donors (Lipinski definition) is 0. The highest BCUT2D eigenvalue weighted by atomic mass is 14.3. The predicted octanol–water partition coefficient (Wildman–Crippen LogP) is 10.9. The predicted molar refractivity (Wildman–Crippen MR) is 163 cm³/mol. The molecule has 0 aromatic heterocycles. The number of aryl methyl sites for hydroxylation is 2. The van der Waals surface area contributed by atoms with Crippen LogP contribution >= 0.6 is 0 Å².